The molecule has 2 heterocycles. The molecule has 9 nitrogen and oxygen atoms in total. The zero-order chi connectivity index (χ0) is 25.8. The van der Waals surface area contributed by atoms with Gasteiger partial charge >= 0.3 is 5.97 Å². The molecule has 4 rings (SSSR count). The van der Waals surface area contributed by atoms with E-state index < -0.39 is 17.4 Å². The summed E-state index contributed by atoms with van der Waals surface area (Å²) >= 11 is 1.12. The van der Waals surface area contributed by atoms with Crippen molar-refractivity contribution in [2.45, 2.75) is 33.4 Å². The molecule has 0 aliphatic heterocycles. The molecule has 184 valence electrons. The maximum absolute atomic E-state index is 13.1. The molecule has 36 heavy (non-hydrogen) atoms. The monoisotopic (exact) mass is 504 g/mol. The first-order valence-electron chi connectivity index (χ1n) is 11.2. The summed E-state index contributed by atoms with van der Waals surface area (Å²) in [6, 6.07) is 15.4. The van der Waals surface area contributed by atoms with Gasteiger partial charge in [0.15, 0.2) is 0 Å². The number of thiophene rings is 1. The van der Waals surface area contributed by atoms with Gasteiger partial charge in [-0.3, -0.25) is 19.0 Å². The average Bonchev–Trinajstić information content (AvgIpc) is 3.18. The van der Waals surface area contributed by atoms with Crippen LogP contribution in [-0.4, -0.2) is 33.4 Å². The van der Waals surface area contributed by atoms with Gasteiger partial charge in [0.2, 0.25) is 5.91 Å². The van der Waals surface area contributed by atoms with E-state index in [1.165, 1.54) is 17.0 Å². The number of hydrogen-bond donors (Lipinski definition) is 2. The van der Waals surface area contributed by atoms with E-state index in [0.29, 0.717) is 37.6 Å². The molecular formula is C26H24N4O5S. The van der Waals surface area contributed by atoms with Crippen LogP contribution in [0.2, 0.25) is 0 Å². The smallest absolute Gasteiger partial charge is 0.338 e. The lowest BCUT2D eigenvalue weighted by Gasteiger charge is -2.10. The highest BCUT2D eigenvalue weighted by Gasteiger charge is 2.20. The number of hydrogen-bond acceptors (Lipinski definition) is 7. The lowest BCUT2D eigenvalue weighted by molar-refractivity contribution is -0.116. The Bertz CT molecular complexity index is 1510. The molecule has 0 unspecified atom stereocenters. The Morgan fingerprint density at radius 3 is 2.47 bits per heavy atom. The van der Waals surface area contributed by atoms with Crippen molar-refractivity contribution in [3.63, 3.8) is 0 Å². The quantitative estimate of drug-likeness (QED) is 0.364. The Morgan fingerprint density at radius 2 is 1.75 bits per heavy atom. The lowest BCUT2D eigenvalue weighted by Crippen LogP contribution is -2.28. The van der Waals surface area contributed by atoms with Crippen molar-refractivity contribution in [2.75, 3.05) is 10.6 Å². The second kappa shape index (κ2) is 10.5. The average molecular weight is 505 g/mol. The zero-order valence-electron chi connectivity index (χ0n) is 19.9. The molecule has 0 atom stereocenters. The van der Waals surface area contributed by atoms with Crippen LogP contribution < -0.4 is 16.2 Å². The number of rotatable bonds is 7. The summed E-state index contributed by atoms with van der Waals surface area (Å²) in [5, 5.41) is 5.80. The van der Waals surface area contributed by atoms with Crippen LogP contribution in [0.25, 0.3) is 10.2 Å². The number of aryl methyl sites for hydroxylation is 1. The molecule has 0 saturated carbocycles. The minimum Gasteiger partial charge on any atom is -0.459 e. The fraction of sp³-hybridized carbons (Fsp3) is 0.192. The minimum absolute atomic E-state index is 0.268. The van der Waals surface area contributed by atoms with E-state index in [0.717, 1.165) is 11.3 Å². The zero-order valence-corrected chi connectivity index (χ0v) is 20.7. The minimum atomic E-state index is -0.494. The molecule has 0 fully saturated rings. The van der Waals surface area contributed by atoms with E-state index >= 15 is 0 Å². The highest BCUT2D eigenvalue weighted by Crippen LogP contribution is 2.27. The Morgan fingerprint density at radius 1 is 1.03 bits per heavy atom. The highest BCUT2D eigenvalue weighted by molar-refractivity contribution is 7.20. The van der Waals surface area contributed by atoms with Crippen LogP contribution in [0, 0.1) is 6.92 Å². The van der Waals surface area contributed by atoms with Crippen molar-refractivity contribution < 1.29 is 19.1 Å². The number of ether oxygens (including phenoxy) is 1. The number of esters is 1. The van der Waals surface area contributed by atoms with Gasteiger partial charge in [0.05, 0.1) is 28.3 Å². The number of carbonyl (C=O) groups excluding carboxylic acids is 3. The maximum Gasteiger partial charge on any atom is 0.338 e. The summed E-state index contributed by atoms with van der Waals surface area (Å²) < 4.78 is 6.37. The molecule has 0 bridgehead atoms. The number of para-hydroxylation sites is 1. The molecule has 2 aromatic carbocycles. The van der Waals surface area contributed by atoms with Crippen LogP contribution in [0.4, 0.5) is 11.4 Å². The summed E-state index contributed by atoms with van der Waals surface area (Å²) in [6.45, 7) is 4.90. The third-order valence-corrected chi connectivity index (χ3v) is 6.39. The first-order valence-corrected chi connectivity index (χ1v) is 12.0. The number of aromatic nitrogens is 2. The van der Waals surface area contributed by atoms with Crippen molar-refractivity contribution in [2.24, 2.45) is 0 Å². The number of carbonyl (C=O) groups is 3. The predicted octanol–water partition coefficient (Wildman–Crippen LogP) is 4.22. The topological polar surface area (TPSA) is 119 Å². The van der Waals surface area contributed by atoms with Gasteiger partial charge in [0.25, 0.3) is 11.5 Å². The molecule has 2 N–H and O–H groups in total. The van der Waals surface area contributed by atoms with Crippen LogP contribution >= 0.6 is 11.3 Å². The number of amides is 2. The molecule has 0 aliphatic rings. The number of benzene rings is 2. The largest absolute Gasteiger partial charge is 0.459 e. The van der Waals surface area contributed by atoms with Crippen LogP contribution in [0.5, 0.6) is 0 Å². The Balaban J connectivity index is 1.52. The number of anilines is 2. The van der Waals surface area contributed by atoms with E-state index in [1.807, 2.05) is 18.2 Å². The molecule has 0 radical (unpaired) electrons. The van der Waals surface area contributed by atoms with Gasteiger partial charge < -0.3 is 15.4 Å². The lowest BCUT2D eigenvalue weighted by atomic mass is 10.2. The molecule has 2 aromatic heterocycles. The standard InChI is InChI=1S/C26H24N4O5S/c1-15(2)35-26(34)17-8-7-11-19(12-17)28-20(31)13-30-14-27-24-21(25(30)33)16(3)22(36-24)23(32)29-18-9-5-4-6-10-18/h4-12,14-15H,13H2,1-3H3,(H,28,31)(H,29,32). The van der Waals surface area contributed by atoms with Gasteiger partial charge in [-0.05, 0) is 56.7 Å². The van der Waals surface area contributed by atoms with Crippen molar-refractivity contribution in [3.05, 3.63) is 87.3 Å². The van der Waals surface area contributed by atoms with Crippen molar-refractivity contribution in [1.29, 1.82) is 0 Å². The fourth-order valence-electron chi connectivity index (χ4n) is 3.56. The molecule has 4 aromatic rings. The number of fused-ring (bicyclic) bond motifs is 1. The van der Waals surface area contributed by atoms with Gasteiger partial charge in [0, 0.05) is 11.4 Å². The third kappa shape index (κ3) is 5.49. The predicted molar refractivity (Wildman–Crippen MR) is 139 cm³/mol. The van der Waals surface area contributed by atoms with Gasteiger partial charge in [0.1, 0.15) is 11.4 Å². The number of nitrogens with zero attached hydrogens (tertiary/aromatic N) is 2. The second-order valence-corrected chi connectivity index (χ2v) is 9.32. The molecule has 2 amide bonds. The van der Waals surface area contributed by atoms with E-state index in [9.17, 15) is 19.2 Å². The first-order chi connectivity index (χ1) is 17.2. The van der Waals surface area contributed by atoms with Gasteiger partial charge in [-0.15, -0.1) is 11.3 Å². The number of nitrogens with one attached hydrogen (secondary N) is 2. The van der Waals surface area contributed by atoms with Crippen molar-refractivity contribution >= 4 is 50.7 Å². The SMILES string of the molecule is Cc1c(C(=O)Nc2ccccc2)sc2ncn(CC(=O)Nc3cccc(C(=O)OC(C)C)c3)c(=O)c12. The van der Waals surface area contributed by atoms with E-state index in [2.05, 4.69) is 15.6 Å². The second-order valence-electron chi connectivity index (χ2n) is 8.32. The van der Waals surface area contributed by atoms with Crippen LogP contribution in [0.1, 0.15) is 39.4 Å². The van der Waals surface area contributed by atoms with Gasteiger partial charge in [-0.2, -0.15) is 0 Å². The molecular weight excluding hydrogens is 480 g/mol. The summed E-state index contributed by atoms with van der Waals surface area (Å²) in [6.07, 6.45) is 1.02. The highest BCUT2D eigenvalue weighted by atomic mass is 32.1. The fourth-order valence-corrected chi connectivity index (χ4v) is 4.59. The van der Waals surface area contributed by atoms with E-state index in [-0.39, 0.29) is 18.6 Å². The molecule has 0 aliphatic carbocycles. The maximum atomic E-state index is 13.1. The van der Waals surface area contributed by atoms with Gasteiger partial charge in [-0.1, -0.05) is 24.3 Å². The van der Waals surface area contributed by atoms with E-state index in [4.69, 9.17) is 4.74 Å². The molecule has 0 saturated heterocycles. The van der Waals surface area contributed by atoms with Crippen LogP contribution in [0.3, 0.4) is 0 Å². The molecule has 0 spiro atoms. The van der Waals surface area contributed by atoms with Crippen molar-refractivity contribution in [3.8, 4) is 0 Å². The normalized spacial score (nSPS) is 10.9. The first kappa shape index (κ1) is 24.8. The Kier molecular flexibility index (Phi) is 7.25. The summed E-state index contributed by atoms with van der Waals surface area (Å²) in [4.78, 5) is 55.8. The third-order valence-electron chi connectivity index (χ3n) is 5.19. The Hall–Kier alpha value is -4.31. The Labute approximate surface area is 210 Å². The summed E-state index contributed by atoms with van der Waals surface area (Å²) in [7, 11) is 0. The molecule has 10 heteroatoms. The van der Waals surface area contributed by atoms with Crippen molar-refractivity contribution in [1.82, 2.24) is 9.55 Å². The summed E-state index contributed by atoms with van der Waals surface area (Å²) in [5.41, 5.74) is 1.43. The summed E-state index contributed by atoms with van der Waals surface area (Å²) in [5.74, 6) is -1.30. The van der Waals surface area contributed by atoms with E-state index in [1.54, 1.807) is 51.1 Å². The van der Waals surface area contributed by atoms with Crippen LogP contribution in [-0.2, 0) is 16.1 Å². The van der Waals surface area contributed by atoms with Crippen LogP contribution in [0.15, 0.2) is 65.7 Å². The van der Waals surface area contributed by atoms with Gasteiger partial charge in [-0.25, -0.2) is 9.78 Å².